The number of amides is 3. The van der Waals surface area contributed by atoms with Gasteiger partial charge in [-0.3, -0.25) is 4.79 Å². The third-order valence-corrected chi connectivity index (χ3v) is 4.66. The van der Waals surface area contributed by atoms with Crippen LogP contribution in [0.15, 0.2) is 54.6 Å². The average Bonchev–Trinajstić information content (AvgIpc) is 2.68. The molecule has 2 aromatic rings. The predicted octanol–water partition coefficient (Wildman–Crippen LogP) is 4.07. The van der Waals surface area contributed by atoms with E-state index in [1.54, 1.807) is 18.2 Å². The number of urea groups is 1. The number of anilines is 1. The van der Waals surface area contributed by atoms with Gasteiger partial charge in [0.15, 0.2) is 0 Å². The lowest BCUT2D eigenvalue weighted by atomic mass is 9.96. The normalized spacial score (nSPS) is 14.5. The molecule has 0 saturated heterocycles. The van der Waals surface area contributed by atoms with E-state index < -0.39 is 0 Å². The van der Waals surface area contributed by atoms with E-state index in [0.29, 0.717) is 17.8 Å². The zero-order chi connectivity index (χ0) is 18.2. The molecule has 5 nitrogen and oxygen atoms in total. The fourth-order valence-electron chi connectivity index (χ4n) is 3.25. The van der Waals surface area contributed by atoms with E-state index in [1.165, 1.54) is 6.42 Å². The van der Waals surface area contributed by atoms with Gasteiger partial charge in [-0.1, -0.05) is 61.7 Å². The highest BCUT2D eigenvalue weighted by molar-refractivity contribution is 6.03. The van der Waals surface area contributed by atoms with Crippen molar-refractivity contribution in [1.82, 2.24) is 10.6 Å². The molecule has 5 heteroatoms. The summed E-state index contributed by atoms with van der Waals surface area (Å²) in [5, 5.41) is 8.74. The Hall–Kier alpha value is -2.82. The molecule has 1 aliphatic rings. The van der Waals surface area contributed by atoms with Crippen LogP contribution in [0.3, 0.4) is 0 Å². The number of hydrogen-bond acceptors (Lipinski definition) is 2. The van der Waals surface area contributed by atoms with Gasteiger partial charge in [-0.05, 0) is 30.5 Å². The fraction of sp³-hybridized carbons (Fsp3) is 0.333. The average molecular weight is 351 g/mol. The lowest BCUT2D eigenvalue weighted by molar-refractivity contribution is 0.0952. The van der Waals surface area contributed by atoms with Gasteiger partial charge in [0, 0.05) is 12.6 Å². The van der Waals surface area contributed by atoms with E-state index in [-0.39, 0.29) is 18.0 Å². The summed E-state index contributed by atoms with van der Waals surface area (Å²) in [5.41, 5.74) is 2.01. The molecule has 1 aliphatic carbocycles. The second-order valence-corrected chi connectivity index (χ2v) is 6.65. The molecule has 0 atom stereocenters. The van der Waals surface area contributed by atoms with Crippen molar-refractivity contribution >= 4 is 17.6 Å². The van der Waals surface area contributed by atoms with Crippen LogP contribution in [-0.2, 0) is 6.54 Å². The number of para-hydroxylation sites is 1. The molecule has 0 heterocycles. The van der Waals surface area contributed by atoms with Crippen LogP contribution in [0.5, 0.6) is 0 Å². The van der Waals surface area contributed by atoms with Crippen LogP contribution in [0.25, 0.3) is 0 Å². The first-order valence-corrected chi connectivity index (χ1v) is 9.21. The minimum Gasteiger partial charge on any atom is -0.348 e. The summed E-state index contributed by atoms with van der Waals surface area (Å²) < 4.78 is 0. The number of nitrogens with one attached hydrogen (secondary N) is 3. The zero-order valence-corrected chi connectivity index (χ0v) is 14.8. The van der Waals surface area contributed by atoms with Gasteiger partial charge in [-0.25, -0.2) is 4.79 Å². The van der Waals surface area contributed by atoms with E-state index in [4.69, 9.17) is 0 Å². The molecule has 136 valence electrons. The molecule has 0 unspecified atom stereocenters. The van der Waals surface area contributed by atoms with Gasteiger partial charge in [0.25, 0.3) is 5.91 Å². The Morgan fingerprint density at radius 1 is 0.885 bits per heavy atom. The SMILES string of the molecule is O=C(Nc1ccccc1C(=O)NCc1ccccc1)NC1CCCCC1. The summed E-state index contributed by atoms with van der Waals surface area (Å²) in [6, 6.07) is 16.8. The number of benzene rings is 2. The molecule has 1 saturated carbocycles. The molecule has 0 radical (unpaired) electrons. The van der Waals surface area contributed by atoms with Gasteiger partial charge in [-0.15, -0.1) is 0 Å². The lowest BCUT2D eigenvalue weighted by Crippen LogP contribution is -2.39. The van der Waals surface area contributed by atoms with E-state index in [2.05, 4.69) is 16.0 Å². The molecule has 0 aromatic heterocycles. The maximum absolute atomic E-state index is 12.5. The van der Waals surface area contributed by atoms with Crippen LogP contribution in [0, 0.1) is 0 Å². The van der Waals surface area contributed by atoms with E-state index in [0.717, 1.165) is 31.2 Å². The number of rotatable bonds is 5. The highest BCUT2D eigenvalue weighted by Crippen LogP contribution is 2.18. The number of carbonyl (C=O) groups excluding carboxylic acids is 2. The van der Waals surface area contributed by atoms with E-state index in [1.807, 2.05) is 36.4 Å². The molecule has 3 amide bonds. The van der Waals surface area contributed by atoms with Crippen LogP contribution in [-0.4, -0.2) is 18.0 Å². The van der Waals surface area contributed by atoms with Crippen molar-refractivity contribution < 1.29 is 9.59 Å². The first-order chi connectivity index (χ1) is 12.7. The molecular weight excluding hydrogens is 326 g/mol. The maximum Gasteiger partial charge on any atom is 0.319 e. The van der Waals surface area contributed by atoms with Crippen LogP contribution in [0.1, 0.15) is 48.0 Å². The van der Waals surface area contributed by atoms with E-state index >= 15 is 0 Å². The van der Waals surface area contributed by atoms with Gasteiger partial charge in [0.05, 0.1) is 11.3 Å². The molecule has 1 fully saturated rings. The monoisotopic (exact) mass is 351 g/mol. The Morgan fingerprint density at radius 3 is 2.35 bits per heavy atom. The Balaban J connectivity index is 1.59. The van der Waals surface area contributed by atoms with Gasteiger partial charge < -0.3 is 16.0 Å². The number of hydrogen-bond donors (Lipinski definition) is 3. The fourth-order valence-corrected chi connectivity index (χ4v) is 3.25. The molecule has 0 aliphatic heterocycles. The Labute approximate surface area is 154 Å². The van der Waals surface area contributed by atoms with Crippen LogP contribution >= 0.6 is 0 Å². The van der Waals surface area contributed by atoms with E-state index in [9.17, 15) is 9.59 Å². The Bertz CT molecular complexity index is 740. The molecular formula is C21H25N3O2. The minimum absolute atomic E-state index is 0.206. The predicted molar refractivity (Wildman–Crippen MR) is 103 cm³/mol. The molecule has 0 bridgehead atoms. The van der Waals surface area contributed by atoms with Gasteiger partial charge in [-0.2, -0.15) is 0 Å². The first kappa shape index (κ1) is 18.0. The smallest absolute Gasteiger partial charge is 0.319 e. The second-order valence-electron chi connectivity index (χ2n) is 6.65. The van der Waals surface area contributed by atoms with Crippen LogP contribution < -0.4 is 16.0 Å². The lowest BCUT2D eigenvalue weighted by Gasteiger charge is -2.23. The topological polar surface area (TPSA) is 70.2 Å². The van der Waals surface area contributed by atoms with Gasteiger partial charge in [0.2, 0.25) is 0 Å². The zero-order valence-electron chi connectivity index (χ0n) is 14.8. The number of carbonyl (C=O) groups is 2. The highest BCUT2D eigenvalue weighted by Gasteiger charge is 2.17. The van der Waals surface area contributed by atoms with Crippen molar-refractivity contribution in [2.24, 2.45) is 0 Å². The Morgan fingerprint density at radius 2 is 1.58 bits per heavy atom. The molecule has 3 N–H and O–H groups in total. The van der Waals surface area contributed by atoms with Crippen molar-refractivity contribution in [2.45, 2.75) is 44.7 Å². The van der Waals surface area contributed by atoms with Gasteiger partial charge >= 0.3 is 6.03 Å². The Kier molecular flexibility index (Phi) is 6.25. The summed E-state index contributed by atoms with van der Waals surface area (Å²) in [7, 11) is 0. The molecule has 0 spiro atoms. The highest BCUT2D eigenvalue weighted by atomic mass is 16.2. The minimum atomic E-state index is -0.250. The maximum atomic E-state index is 12.5. The van der Waals surface area contributed by atoms with Crippen molar-refractivity contribution in [2.75, 3.05) is 5.32 Å². The third kappa shape index (κ3) is 5.09. The van der Waals surface area contributed by atoms with Crippen LogP contribution in [0.4, 0.5) is 10.5 Å². The molecule has 26 heavy (non-hydrogen) atoms. The van der Waals surface area contributed by atoms with Crippen LogP contribution in [0.2, 0.25) is 0 Å². The third-order valence-electron chi connectivity index (χ3n) is 4.66. The van der Waals surface area contributed by atoms with Crippen molar-refractivity contribution in [3.63, 3.8) is 0 Å². The largest absolute Gasteiger partial charge is 0.348 e. The summed E-state index contributed by atoms with van der Waals surface area (Å²) in [5.74, 6) is -0.206. The quantitative estimate of drug-likeness (QED) is 0.760. The van der Waals surface area contributed by atoms with Crippen molar-refractivity contribution in [3.05, 3.63) is 65.7 Å². The van der Waals surface area contributed by atoms with Crippen molar-refractivity contribution in [1.29, 1.82) is 0 Å². The van der Waals surface area contributed by atoms with Crippen molar-refractivity contribution in [3.8, 4) is 0 Å². The standard InChI is InChI=1S/C21H25N3O2/c25-20(22-15-16-9-3-1-4-10-16)18-13-7-8-14-19(18)24-21(26)23-17-11-5-2-6-12-17/h1,3-4,7-10,13-14,17H,2,5-6,11-12,15H2,(H,22,25)(H2,23,24,26). The molecule has 3 rings (SSSR count). The molecule has 2 aromatic carbocycles. The summed E-state index contributed by atoms with van der Waals surface area (Å²) in [4.78, 5) is 24.8. The first-order valence-electron chi connectivity index (χ1n) is 9.21. The summed E-state index contributed by atoms with van der Waals surface area (Å²) >= 11 is 0. The summed E-state index contributed by atoms with van der Waals surface area (Å²) in [6.45, 7) is 0.447. The van der Waals surface area contributed by atoms with Gasteiger partial charge in [0.1, 0.15) is 0 Å². The summed E-state index contributed by atoms with van der Waals surface area (Å²) in [6.07, 6.45) is 5.59. The second kappa shape index (κ2) is 9.04.